The molecular weight excluding hydrogens is 602 g/mol. The molecule has 1 heterocycles. The number of hydrogen-bond acceptors (Lipinski definition) is 4. The molecule has 0 bridgehead atoms. The van der Waals surface area contributed by atoms with Crippen molar-refractivity contribution in [1.29, 1.82) is 0 Å². The molecule has 1 atom stereocenters. The van der Waals surface area contributed by atoms with Crippen LogP contribution in [0.5, 0.6) is 5.75 Å². The van der Waals surface area contributed by atoms with E-state index in [2.05, 4.69) is 5.32 Å². The molecule has 1 aliphatic heterocycles. The van der Waals surface area contributed by atoms with Crippen LogP contribution in [0, 0.1) is 5.41 Å². The van der Waals surface area contributed by atoms with Gasteiger partial charge in [-0.15, -0.1) is 0 Å². The van der Waals surface area contributed by atoms with Crippen LogP contribution in [0.15, 0.2) is 72.8 Å². The Labute approximate surface area is 254 Å². The molecule has 6 nitrogen and oxygen atoms in total. The predicted octanol–water partition coefficient (Wildman–Crippen LogP) is 6.99. The van der Waals surface area contributed by atoms with Gasteiger partial charge in [0.15, 0.2) is 0 Å². The van der Waals surface area contributed by atoms with Crippen molar-refractivity contribution in [3.05, 3.63) is 78.4 Å². The van der Waals surface area contributed by atoms with E-state index in [1.807, 2.05) is 48.5 Å². The Morgan fingerprint density at radius 1 is 0.889 bits per heavy atom. The molecule has 0 unspecified atom stereocenters. The number of nitrogens with zero attached hydrogens (tertiary/aromatic N) is 1. The van der Waals surface area contributed by atoms with E-state index in [0.717, 1.165) is 32.2 Å². The molecule has 0 saturated carbocycles. The molecule has 4 aromatic carbocycles. The quantitative estimate of drug-likeness (QED) is 0.205. The summed E-state index contributed by atoms with van der Waals surface area (Å²) in [6, 6.07) is 20.5. The number of carboxylic acid groups (broad SMARTS) is 1. The zero-order valence-corrected chi connectivity index (χ0v) is 24.1. The number of piperidine rings is 1. The maximum absolute atomic E-state index is 14.3. The van der Waals surface area contributed by atoms with Crippen LogP contribution in [0.3, 0.4) is 0 Å². The lowest BCUT2D eigenvalue weighted by Gasteiger charge is -2.42. The van der Waals surface area contributed by atoms with Gasteiger partial charge in [-0.25, -0.2) is 4.79 Å². The Kier molecular flexibility index (Phi) is 8.72. The number of alkyl halides is 6. The number of carbonyl (C=O) groups excluding carboxylic acids is 1. The third kappa shape index (κ3) is 6.56. The minimum Gasteiger partial charge on any atom is -0.496 e. The van der Waals surface area contributed by atoms with E-state index in [1.54, 1.807) is 31.4 Å². The standard InChI is InChI=1S/C33H30F6N2O4/c1-45-28-18-21-7-3-2-6-20(21)16-26(28)25-11-5-9-23-22(8-4-10-24(23)25)17-27(29(42)43)40-30(44)31(33(37,38)39)12-14-41(15-13-31)19-32(34,35)36/h2-11,16,18,27H,12-15,17,19H2,1H3,(H,40,44)(H,42,43)/t27-/m0/s1. The number of nitrogens with one attached hydrogen (secondary N) is 1. The largest absolute Gasteiger partial charge is 0.496 e. The lowest BCUT2D eigenvalue weighted by atomic mass is 9.76. The summed E-state index contributed by atoms with van der Waals surface area (Å²) in [6.07, 6.45) is -11.9. The normalized spacial score (nSPS) is 16.4. The fourth-order valence-electron chi connectivity index (χ4n) is 6.09. The van der Waals surface area contributed by atoms with Crippen LogP contribution in [-0.2, 0) is 16.0 Å². The zero-order chi connectivity index (χ0) is 32.6. The maximum atomic E-state index is 14.3. The molecule has 1 amide bonds. The summed E-state index contributed by atoms with van der Waals surface area (Å²) >= 11 is 0. The van der Waals surface area contributed by atoms with Crippen molar-refractivity contribution in [2.45, 2.75) is 37.7 Å². The fourth-order valence-corrected chi connectivity index (χ4v) is 6.09. The molecule has 45 heavy (non-hydrogen) atoms. The lowest BCUT2D eigenvalue weighted by Crippen LogP contribution is -2.59. The summed E-state index contributed by atoms with van der Waals surface area (Å²) < 4.78 is 87.0. The maximum Gasteiger partial charge on any atom is 0.403 e. The lowest BCUT2D eigenvalue weighted by molar-refractivity contribution is -0.236. The van der Waals surface area contributed by atoms with Gasteiger partial charge in [0.2, 0.25) is 5.91 Å². The Morgan fingerprint density at radius 2 is 1.51 bits per heavy atom. The van der Waals surface area contributed by atoms with Crippen molar-refractivity contribution in [2.24, 2.45) is 5.41 Å². The first-order valence-electron chi connectivity index (χ1n) is 14.2. The predicted molar refractivity (Wildman–Crippen MR) is 157 cm³/mol. The van der Waals surface area contributed by atoms with E-state index < -0.39 is 68.2 Å². The van der Waals surface area contributed by atoms with Crippen LogP contribution >= 0.6 is 0 Å². The second-order valence-electron chi connectivity index (χ2n) is 11.3. The Morgan fingerprint density at radius 3 is 2.11 bits per heavy atom. The number of rotatable bonds is 8. The molecule has 1 fully saturated rings. The number of halogens is 6. The first kappa shape index (κ1) is 32.1. The molecule has 1 saturated heterocycles. The number of amides is 1. The highest BCUT2D eigenvalue weighted by atomic mass is 19.4. The van der Waals surface area contributed by atoms with Gasteiger partial charge in [-0.1, -0.05) is 60.7 Å². The van der Waals surface area contributed by atoms with Crippen molar-refractivity contribution in [3.63, 3.8) is 0 Å². The fraction of sp³-hybridized carbons (Fsp3) is 0.333. The van der Waals surface area contributed by atoms with Gasteiger partial charge in [-0.05, 0) is 70.7 Å². The summed E-state index contributed by atoms with van der Waals surface area (Å²) in [5, 5.41) is 15.4. The van der Waals surface area contributed by atoms with Crippen molar-refractivity contribution >= 4 is 33.4 Å². The second kappa shape index (κ2) is 12.2. The molecule has 0 aliphatic carbocycles. The van der Waals surface area contributed by atoms with E-state index in [-0.39, 0.29) is 6.42 Å². The average Bonchev–Trinajstić information content (AvgIpc) is 2.98. The molecule has 0 aromatic heterocycles. The summed E-state index contributed by atoms with van der Waals surface area (Å²) in [5.74, 6) is -2.49. The van der Waals surface area contributed by atoms with Gasteiger partial charge in [-0.2, -0.15) is 26.3 Å². The minimum absolute atomic E-state index is 0.329. The summed E-state index contributed by atoms with van der Waals surface area (Å²) in [6.45, 7) is -2.63. The van der Waals surface area contributed by atoms with Gasteiger partial charge in [0.1, 0.15) is 17.2 Å². The van der Waals surface area contributed by atoms with Gasteiger partial charge >= 0.3 is 18.3 Å². The van der Waals surface area contributed by atoms with Gasteiger partial charge in [0, 0.05) is 12.0 Å². The number of carbonyl (C=O) groups is 2. The summed E-state index contributed by atoms with van der Waals surface area (Å²) in [7, 11) is 1.55. The van der Waals surface area contributed by atoms with E-state index in [4.69, 9.17) is 4.74 Å². The smallest absolute Gasteiger partial charge is 0.403 e. The molecule has 0 radical (unpaired) electrons. The number of likely N-dealkylation sites (tertiary alicyclic amines) is 1. The van der Waals surface area contributed by atoms with Crippen LogP contribution in [0.4, 0.5) is 26.3 Å². The van der Waals surface area contributed by atoms with Crippen molar-refractivity contribution in [2.75, 3.05) is 26.7 Å². The number of carboxylic acids is 1. The van der Waals surface area contributed by atoms with Crippen molar-refractivity contribution < 1.29 is 45.8 Å². The van der Waals surface area contributed by atoms with Gasteiger partial charge < -0.3 is 15.2 Å². The van der Waals surface area contributed by atoms with E-state index in [1.165, 1.54) is 0 Å². The molecule has 1 aliphatic rings. The van der Waals surface area contributed by atoms with Gasteiger partial charge in [0.05, 0.1) is 13.7 Å². The third-order valence-electron chi connectivity index (χ3n) is 8.49. The Balaban J connectivity index is 1.45. The topological polar surface area (TPSA) is 78.9 Å². The zero-order valence-electron chi connectivity index (χ0n) is 24.1. The van der Waals surface area contributed by atoms with Crippen LogP contribution in [0.1, 0.15) is 18.4 Å². The van der Waals surface area contributed by atoms with Crippen LogP contribution in [0.2, 0.25) is 0 Å². The highest BCUT2D eigenvalue weighted by Crippen LogP contribution is 2.47. The van der Waals surface area contributed by atoms with Crippen LogP contribution in [0.25, 0.3) is 32.7 Å². The third-order valence-corrected chi connectivity index (χ3v) is 8.49. The monoisotopic (exact) mass is 632 g/mol. The number of aliphatic carboxylic acids is 1. The van der Waals surface area contributed by atoms with Crippen molar-refractivity contribution in [1.82, 2.24) is 10.2 Å². The highest BCUT2D eigenvalue weighted by Gasteiger charge is 2.61. The number of fused-ring (bicyclic) bond motifs is 2. The Hall–Kier alpha value is -4.32. The van der Waals surface area contributed by atoms with Crippen LogP contribution in [-0.4, -0.2) is 67.0 Å². The average molecular weight is 633 g/mol. The minimum atomic E-state index is -5.10. The van der Waals surface area contributed by atoms with Gasteiger partial charge in [0.25, 0.3) is 0 Å². The molecule has 12 heteroatoms. The van der Waals surface area contributed by atoms with Gasteiger partial charge in [-0.3, -0.25) is 9.69 Å². The second-order valence-corrected chi connectivity index (χ2v) is 11.3. The number of hydrogen-bond donors (Lipinski definition) is 2. The molecule has 4 aromatic rings. The van der Waals surface area contributed by atoms with Crippen LogP contribution < -0.4 is 10.1 Å². The van der Waals surface area contributed by atoms with E-state index >= 15 is 0 Å². The van der Waals surface area contributed by atoms with Crippen molar-refractivity contribution in [3.8, 4) is 16.9 Å². The first-order chi connectivity index (χ1) is 21.2. The number of benzene rings is 4. The molecule has 5 rings (SSSR count). The molecule has 0 spiro atoms. The Bertz CT molecular complexity index is 1730. The highest BCUT2D eigenvalue weighted by molar-refractivity contribution is 6.02. The van der Waals surface area contributed by atoms with E-state index in [9.17, 15) is 41.0 Å². The summed E-state index contributed by atoms with van der Waals surface area (Å²) in [5.41, 5.74) is -0.968. The molecule has 2 N–H and O–H groups in total. The number of ether oxygens (including phenoxy) is 1. The summed E-state index contributed by atoms with van der Waals surface area (Å²) in [4.78, 5) is 26.3. The molecular formula is C33H30F6N2O4. The SMILES string of the molecule is COc1cc2ccccc2cc1-c1cccc2c(C[C@H](NC(=O)C3(C(F)(F)F)CCN(CC(F)(F)F)CC3)C(=O)O)cccc12. The number of methoxy groups -OCH3 is 1. The van der Waals surface area contributed by atoms with E-state index in [0.29, 0.717) is 16.7 Å². The molecule has 238 valence electrons. The first-order valence-corrected chi connectivity index (χ1v) is 14.2.